The molecule has 0 aromatic carbocycles. The molecule has 0 aliphatic heterocycles. The average Bonchev–Trinajstić information content (AvgIpc) is 3.05. The summed E-state index contributed by atoms with van der Waals surface area (Å²) in [5.41, 5.74) is 1.19. The predicted octanol–water partition coefficient (Wildman–Crippen LogP) is 3.28. The van der Waals surface area contributed by atoms with Crippen molar-refractivity contribution in [3.63, 3.8) is 0 Å². The lowest BCUT2D eigenvalue weighted by Crippen LogP contribution is -2.36. The molecule has 3 rings (SSSR count). The molecule has 2 aromatic rings. The molecular formula is C22H33N3O3S. The molecule has 0 spiro atoms. The highest BCUT2D eigenvalue weighted by Gasteiger charge is 2.21. The lowest BCUT2D eigenvalue weighted by atomic mass is 9.97. The molecule has 1 aliphatic rings. The molecule has 0 radical (unpaired) electrons. The minimum atomic E-state index is -0.591. The highest BCUT2D eigenvalue weighted by Crippen LogP contribution is 2.33. The van der Waals surface area contributed by atoms with E-state index in [-0.39, 0.29) is 12.2 Å². The Morgan fingerprint density at radius 2 is 2.17 bits per heavy atom. The molecule has 6 nitrogen and oxygen atoms in total. The third-order valence-corrected chi connectivity index (χ3v) is 6.47. The number of rotatable bonds is 11. The van der Waals surface area contributed by atoms with Crippen LogP contribution < -0.4 is 5.56 Å². The number of fused-ring (bicyclic) bond motifs is 3. The van der Waals surface area contributed by atoms with E-state index in [0.29, 0.717) is 31.4 Å². The molecule has 0 amide bonds. The van der Waals surface area contributed by atoms with Crippen LogP contribution in [0.4, 0.5) is 0 Å². The van der Waals surface area contributed by atoms with Crippen LogP contribution in [-0.2, 0) is 24.1 Å². The van der Waals surface area contributed by atoms with Crippen molar-refractivity contribution in [1.82, 2.24) is 14.9 Å². The van der Waals surface area contributed by atoms with Gasteiger partial charge >= 0.3 is 0 Å². The zero-order valence-electron chi connectivity index (χ0n) is 17.6. The van der Waals surface area contributed by atoms with Crippen LogP contribution in [0.5, 0.6) is 0 Å². The van der Waals surface area contributed by atoms with Crippen molar-refractivity contribution in [2.45, 2.75) is 58.6 Å². The molecule has 7 heteroatoms. The normalized spacial score (nSPS) is 15.2. The Labute approximate surface area is 176 Å². The first kappa shape index (κ1) is 22.2. The summed E-state index contributed by atoms with van der Waals surface area (Å²) in [5, 5.41) is 11.1. The molecular weight excluding hydrogens is 386 g/mol. The smallest absolute Gasteiger partial charge is 0.259 e. The van der Waals surface area contributed by atoms with Crippen LogP contribution in [0.1, 0.15) is 49.4 Å². The van der Waals surface area contributed by atoms with E-state index in [1.807, 2.05) is 0 Å². The van der Waals surface area contributed by atoms with Crippen molar-refractivity contribution < 1.29 is 9.84 Å². The van der Waals surface area contributed by atoms with Crippen molar-refractivity contribution in [2.24, 2.45) is 5.92 Å². The van der Waals surface area contributed by atoms with Crippen molar-refractivity contribution in [3.8, 4) is 0 Å². The number of H-pyrrole nitrogens is 1. The van der Waals surface area contributed by atoms with Crippen LogP contribution in [0.15, 0.2) is 17.4 Å². The minimum absolute atomic E-state index is 0.0249. The van der Waals surface area contributed by atoms with Crippen LogP contribution in [-0.4, -0.2) is 52.4 Å². The van der Waals surface area contributed by atoms with Gasteiger partial charge in [-0.05, 0) is 50.1 Å². The quantitative estimate of drug-likeness (QED) is 0.432. The Morgan fingerprint density at radius 3 is 2.93 bits per heavy atom. The summed E-state index contributed by atoms with van der Waals surface area (Å²) in [5.74, 6) is 1.23. The number of aliphatic hydroxyl groups excluding tert-OH is 1. The third kappa shape index (κ3) is 5.98. The number of ether oxygens (including phenoxy) is 1. The van der Waals surface area contributed by atoms with Gasteiger partial charge in [-0.3, -0.25) is 9.69 Å². The van der Waals surface area contributed by atoms with Gasteiger partial charge in [0.25, 0.3) is 5.56 Å². The van der Waals surface area contributed by atoms with Crippen LogP contribution in [0.2, 0.25) is 0 Å². The maximum absolute atomic E-state index is 12.8. The molecule has 1 atom stereocenters. The zero-order chi connectivity index (χ0) is 20.8. The number of thiophene rings is 1. The summed E-state index contributed by atoms with van der Waals surface area (Å²) < 4.78 is 5.38. The molecule has 1 aliphatic carbocycles. The number of hydrogen-bond acceptors (Lipinski definition) is 6. The molecule has 160 valence electrons. The van der Waals surface area contributed by atoms with Gasteiger partial charge < -0.3 is 14.8 Å². The predicted molar refractivity (Wildman–Crippen MR) is 119 cm³/mol. The van der Waals surface area contributed by atoms with Gasteiger partial charge in [-0.1, -0.05) is 19.9 Å². The molecule has 2 N–H and O–H groups in total. The highest BCUT2D eigenvalue weighted by atomic mass is 32.1. The van der Waals surface area contributed by atoms with Gasteiger partial charge in [0.2, 0.25) is 0 Å². The number of aliphatic hydroxyl groups is 1. The number of aryl methyl sites for hydroxylation is 2. The molecule has 29 heavy (non-hydrogen) atoms. The Balaban J connectivity index is 1.75. The second-order valence-electron chi connectivity index (χ2n) is 8.30. The summed E-state index contributed by atoms with van der Waals surface area (Å²) in [6.07, 6.45) is 6.48. The first-order valence-corrected chi connectivity index (χ1v) is 11.4. The molecule has 2 heterocycles. The van der Waals surface area contributed by atoms with Gasteiger partial charge in [0, 0.05) is 11.4 Å². The number of aromatic amines is 1. The Morgan fingerprint density at radius 1 is 1.38 bits per heavy atom. The summed E-state index contributed by atoms with van der Waals surface area (Å²) >= 11 is 1.67. The summed E-state index contributed by atoms with van der Waals surface area (Å²) in [4.78, 5) is 24.9. The van der Waals surface area contributed by atoms with Crippen molar-refractivity contribution >= 4 is 21.6 Å². The van der Waals surface area contributed by atoms with E-state index in [2.05, 4.69) is 30.3 Å². The number of aromatic nitrogens is 2. The van der Waals surface area contributed by atoms with Gasteiger partial charge in [-0.15, -0.1) is 17.9 Å². The van der Waals surface area contributed by atoms with Crippen molar-refractivity contribution in [1.29, 1.82) is 0 Å². The van der Waals surface area contributed by atoms with Crippen LogP contribution in [0.3, 0.4) is 0 Å². The number of nitrogens with one attached hydrogen (secondary N) is 1. The average molecular weight is 420 g/mol. The van der Waals surface area contributed by atoms with E-state index in [1.165, 1.54) is 16.9 Å². The zero-order valence-corrected chi connectivity index (χ0v) is 18.4. The fraction of sp³-hybridized carbons (Fsp3) is 0.636. The van der Waals surface area contributed by atoms with E-state index in [9.17, 15) is 9.90 Å². The van der Waals surface area contributed by atoms with Gasteiger partial charge in [-0.2, -0.15) is 0 Å². The van der Waals surface area contributed by atoms with E-state index in [4.69, 9.17) is 9.72 Å². The van der Waals surface area contributed by atoms with Crippen LogP contribution in [0.25, 0.3) is 10.2 Å². The summed E-state index contributed by atoms with van der Waals surface area (Å²) in [6, 6.07) is 0. The standard InChI is InChI=1S/C22H33N3O3S/c1-4-11-28-14-16(26)12-25(10-9-15(2)3)13-19-23-21(27)20-17-7-5-6-8-18(17)29-22(20)24-19/h4,15-16,26H,1,5-14H2,2-3H3,(H,23,24,27). The second kappa shape index (κ2) is 10.5. The molecule has 0 saturated heterocycles. The monoisotopic (exact) mass is 419 g/mol. The van der Waals surface area contributed by atoms with Crippen LogP contribution >= 0.6 is 11.3 Å². The van der Waals surface area contributed by atoms with Gasteiger partial charge in [0.15, 0.2) is 0 Å². The van der Waals surface area contributed by atoms with Crippen molar-refractivity contribution in [2.75, 3.05) is 26.3 Å². The molecule has 0 fully saturated rings. The lowest BCUT2D eigenvalue weighted by Gasteiger charge is -2.25. The van der Waals surface area contributed by atoms with E-state index >= 15 is 0 Å². The lowest BCUT2D eigenvalue weighted by molar-refractivity contribution is 0.0232. The SMILES string of the molecule is C=CCOCC(O)CN(CCC(C)C)Cc1nc2sc3c(c2c(=O)[nH]1)CCCC3. The van der Waals surface area contributed by atoms with Crippen LogP contribution in [0, 0.1) is 5.92 Å². The van der Waals surface area contributed by atoms with Crippen molar-refractivity contribution in [3.05, 3.63) is 39.3 Å². The first-order chi connectivity index (χ1) is 14.0. The Kier molecular flexibility index (Phi) is 8.00. The van der Waals surface area contributed by atoms with Gasteiger partial charge in [-0.25, -0.2) is 4.98 Å². The third-order valence-electron chi connectivity index (χ3n) is 5.29. The number of nitrogens with zero attached hydrogens (tertiary/aromatic N) is 2. The second-order valence-corrected chi connectivity index (χ2v) is 9.38. The summed E-state index contributed by atoms with van der Waals surface area (Å²) in [7, 11) is 0. The Hall–Kier alpha value is -1.54. The maximum Gasteiger partial charge on any atom is 0.259 e. The summed E-state index contributed by atoms with van der Waals surface area (Å²) in [6.45, 7) is 10.5. The topological polar surface area (TPSA) is 78.5 Å². The first-order valence-electron chi connectivity index (χ1n) is 10.6. The molecule has 1 unspecified atom stereocenters. The Bertz CT molecular complexity index is 874. The highest BCUT2D eigenvalue weighted by molar-refractivity contribution is 7.18. The fourth-order valence-electron chi connectivity index (χ4n) is 3.81. The number of hydrogen-bond donors (Lipinski definition) is 2. The minimum Gasteiger partial charge on any atom is -0.389 e. The van der Waals surface area contributed by atoms with E-state index in [0.717, 1.165) is 42.4 Å². The largest absolute Gasteiger partial charge is 0.389 e. The van der Waals surface area contributed by atoms with E-state index in [1.54, 1.807) is 17.4 Å². The van der Waals surface area contributed by atoms with E-state index < -0.39 is 6.10 Å². The molecule has 0 bridgehead atoms. The fourth-order valence-corrected chi connectivity index (χ4v) is 5.09. The molecule has 2 aromatic heterocycles. The van der Waals surface area contributed by atoms with Gasteiger partial charge in [0.1, 0.15) is 10.7 Å². The van der Waals surface area contributed by atoms with Gasteiger partial charge in [0.05, 0.1) is 31.2 Å². The molecule has 0 saturated carbocycles. The maximum atomic E-state index is 12.8.